The normalized spacial score (nSPS) is 36.5. The van der Waals surface area contributed by atoms with Crippen LogP contribution in [0.25, 0.3) is 0 Å². The minimum atomic E-state index is -1.70. The Morgan fingerprint density at radius 3 is 2.70 bits per heavy atom. The second-order valence-electron chi connectivity index (χ2n) is 12.7. The molecule has 216 valence electrons. The third-order valence-electron chi connectivity index (χ3n) is 10.6. The summed E-state index contributed by atoms with van der Waals surface area (Å²) in [5.41, 5.74) is -0.819. The maximum Gasteiger partial charge on any atom is 0.306 e. The molecule has 0 spiro atoms. The summed E-state index contributed by atoms with van der Waals surface area (Å²) < 4.78 is 5.21. The van der Waals surface area contributed by atoms with E-state index in [1.165, 1.54) is 0 Å². The molecule has 40 heavy (non-hydrogen) atoms. The highest BCUT2D eigenvalue weighted by molar-refractivity contribution is 5.92. The Hall–Kier alpha value is -2.91. The molecule has 0 unspecified atom stereocenters. The Kier molecular flexibility index (Phi) is 7.74. The molecule has 3 N–H and O–H groups in total. The molecule has 1 amide bonds. The molecule has 3 saturated carbocycles. The van der Waals surface area contributed by atoms with Gasteiger partial charge in [0.05, 0.1) is 12.5 Å². The zero-order valence-corrected chi connectivity index (χ0v) is 23.4. The van der Waals surface area contributed by atoms with Crippen LogP contribution in [-0.4, -0.2) is 57.0 Å². The number of aliphatic hydroxyl groups is 2. The molecule has 5 rings (SSSR count). The minimum Gasteiger partial charge on any atom is -0.458 e. The van der Waals surface area contributed by atoms with Gasteiger partial charge in [-0.2, -0.15) is 0 Å². The first-order chi connectivity index (χ1) is 19.0. The van der Waals surface area contributed by atoms with Gasteiger partial charge in [-0.15, -0.1) is 0 Å². The molecule has 0 bridgehead atoms. The lowest BCUT2D eigenvalue weighted by Gasteiger charge is -2.60. The average molecular weight is 553 g/mol. The molecule has 1 aromatic rings. The van der Waals surface area contributed by atoms with E-state index in [2.05, 4.69) is 17.2 Å². The standard InChI is InChI=1S/C31H40N2O7/c1-29-11-9-21(34)14-20(29)5-6-22-23-10-12-31(39,30(23,2)15-24(35)28(22)29)25(36)18-40-27(38)8-7-26(37)33-17-19-4-3-13-32-16-19/h3-4,13-14,16,22-24,28,35,39H,5-12,15,17-18H2,1-2H3,(H,33,37)/t22-,23-,24-,28+,29-,30-,31-/m0/s1. The molecule has 4 aliphatic carbocycles. The molecule has 0 aromatic carbocycles. The molecule has 7 atom stereocenters. The van der Waals surface area contributed by atoms with Gasteiger partial charge >= 0.3 is 5.97 Å². The number of amides is 1. The molecule has 9 nitrogen and oxygen atoms in total. The van der Waals surface area contributed by atoms with Crippen molar-refractivity contribution in [3.63, 3.8) is 0 Å². The topological polar surface area (TPSA) is 143 Å². The number of rotatable bonds is 8. The fraction of sp³-hybridized carbons (Fsp3) is 0.645. The smallest absolute Gasteiger partial charge is 0.306 e. The van der Waals surface area contributed by atoms with Crippen LogP contribution in [0.1, 0.15) is 77.2 Å². The van der Waals surface area contributed by atoms with Gasteiger partial charge in [0, 0.05) is 37.2 Å². The van der Waals surface area contributed by atoms with Gasteiger partial charge in [0.2, 0.25) is 11.7 Å². The van der Waals surface area contributed by atoms with Crippen molar-refractivity contribution in [2.24, 2.45) is 28.6 Å². The first-order valence-corrected chi connectivity index (χ1v) is 14.5. The highest BCUT2D eigenvalue weighted by atomic mass is 16.5. The number of hydrogen-bond donors (Lipinski definition) is 3. The van der Waals surface area contributed by atoms with Crippen LogP contribution in [0.2, 0.25) is 0 Å². The number of hydrogen-bond acceptors (Lipinski definition) is 8. The fourth-order valence-corrected chi connectivity index (χ4v) is 8.50. The summed E-state index contributed by atoms with van der Waals surface area (Å²) in [5.74, 6) is -1.22. The SMILES string of the molecule is C[C@]12CCC(=O)C=C1CC[C@@H]1[C@@H]2[C@@H](O)C[C@@]2(C)[C@H]1CC[C@]2(O)C(=O)COC(=O)CCC(=O)NCc1cccnc1. The highest BCUT2D eigenvalue weighted by Gasteiger charge is 2.68. The summed E-state index contributed by atoms with van der Waals surface area (Å²) in [7, 11) is 0. The Morgan fingerprint density at radius 1 is 1.15 bits per heavy atom. The van der Waals surface area contributed by atoms with Crippen LogP contribution in [0.5, 0.6) is 0 Å². The fourth-order valence-electron chi connectivity index (χ4n) is 8.50. The van der Waals surface area contributed by atoms with E-state index in [1.807, 2.05) is 13.0 Å². The van der Waals surface area contributed by atoms with Gasteiger partial charge in [-0.25, -0.2) is 0 Å². The first kappa shape index (κ1) is 28.6. The van der Waals surface area contributed by atoms with Gasteiger partial charge in [-0.05, 0) is 79.4 Å². The number of Topliss-reactive ketones (excluding diaryl/α,β-unsaturated/α-hetero) is 1. The minimum absolute atomic E-state index is 0.0155. The predicted molar refractivity (Wildman–Crippen MR) is 144 cm³/mol. The van der Waals surface area contributed by atoms with Crippen molar-refractivity contribution in [3.8, 4) is 0 Å². The monoisotopic (exact) mass is 552 g/mol. The van der Waals surface area contributed by atoms with Crippen LogP contribution in [0.4, 0.5) is 0 Å². The van der Waals surface area contributed by atoms with Gasteiger partial charge < -0.3 is 20.3 Å². The Bertz CT molecular complexity index is 1220. The van der Waals surface area contributed by atoms with Crippen LogP contribution in [0.15, 0.2) is 36.2 Å². The van der Waals surface area contributed by atoms with Crippen LogP contribution < -0.4 is 5.32 Å². The summed E-state index contributed by atoms with van der Waals surface area (Å²) in [6, 6.07) is 3.60. The Balaban J connectivity index is 1.18. The number of aromatic nitrogens is 1. The van der Waals surface area contributed by atoms with Gasteiger partial charge in [0.1, 0.15) is 5.60 Å². The summed E-state index contributed by atoms with van der Waals surface area (Å²) in [6.07, 6.45) is 8.12. The Labute approximate surface area is 234 Å². The number of pyridine rings is 1. The van der Waals surface area contributed by atoms with Crippen molar-refractivity contribution in [2.75, 3.05) is 6.61 Å². The van der Waals surface area contributed by atoms with E-state index in [0.29, 0.717) is 19.4 Å². The van der Waals surface area contributed by atoms with E-state index in [4.69, 9.17) is 4.74 Å². The number of allylic oxidation sites excluding steroid dienone is 1. The molecule has 3 fully saturated rings. The molecule has 1 aromatic heterocycles. The van der Waals surface area contributed by atoms with Crippen LogP contribution >= 0.6 is 0 Å². The second-order valence-corrected chi connectivity index (χ2v) is 12.7. The molecule has 9 heteroatoms. The number of aliphatic hydroxyl groups excluding tert-OH is 1. The number of esters is 1. The molecule has 4 aliphatic rings. The second kappa shape index (κ2) is 10.8. The lowest BCUT2D eigenvalue weighted by molar-refractivity contribution is -0.184. The van der Waals surface area contributed by atoms with E-state index in [1.54, 1.807) is 24.5 Å². The third-order valence-corrected chi connectivity index (χ3v) is 10.6. The number of carbonyl (C=O) groups is 4. The zero-order chi connectivity index (χ0) is 28.7. The highest BCUT2D eigenvalue weighted by Crippen LogP contribution is 2.67. The van der Waals surface area contributed by atoms with E-state index < -0.39 is 35.5 Å². The summed E-state index contributed by atoms with van der Waals surface area (Å²) in [5, 5.41) is 26.0. The van der Waals surface area contributed by atoms with Crippen molar-refractivity contribution >= 4 is 23.4 Å². The average Bonchev–Trinajstić information content (AvgIpc) is 3.20. The largest absolute Gasteiger partial charge is 0.458 e. The summed E-state index contributed by atoms with van der Waals surface area (Å²) >= 11 is 0. The zero-order valence-electron chi connectivity index (χ0n) is 23.4. The van der Waals surface area contributed by atoms with Crippen LogP contribution in [0, 0.1) is 28.6 Å². The lowest BCUT2D eigenvalue weighted by Crippen LogP contribution is -2.62. The number of carbonyl (C=O) groups excluding carboxylic acids is 4. The van der Waals surface area contributed by atoms with Gasteiger partial charge in [0.15, 0.2) is 12.4 Å². The van der Waals surface area contributed by atoms with Crippen molar-refractivity contribution in [1.29, 1.82) is 0 Å². The van der Waals surface area contributed by atoms with E-state index in [0.717, 1.165) is 30.4 Å². The molecule has 1 heterocycles. The van der Waals surface area contributed by atoms with Crippen molar-refractivity contribution in [2.45, 2.75) is 89.9 Å². The number of fused-ring (bicyclic) bond motifs is 5. The first-order valence-electron chi connectivity index (χ1n) is 14.5. The maximum absolute atomic E-state index is 13.4. The molecule has 0 saturated heterocycles. The Morgan fingerprint density at radius 2 is 1.95 bits per heavy atom. The van der Waals surface area contributed by atoms with Gasteiger partial charge in [-0.3, -0.25) is 24.2 Å². The van der Waals surface area contributed by atoms with Gasteiger partial charge in [-0.1, -0.05) is 25.5 Å². The van der Waals surface area contributed by atoms with Crippen LogP contribution in [0.3, 0.4) is 0 Å². The van der Waals surface area contributed by atoms with Crippen molar-refractivity contribution in [3.05, 3.63) is 41.7 Å². The number of ketones is 2. The number of ether oxygens (including phenoxy) is 1. The van der Waals surface area contributed by atoms with Crippen molar-refractivity contribution < 1.29 is 34.1 Å². The lowest BCUT2D eigenvalue weighted by atomic mass is 9.45. The molecule has 0 radical (unpaired) electrons. The number of nitrogens with zero attached hydrogens (tertiary/aromatic N) is 1. The molecular weight excluding hydrogens is 512 g/mol. The van der Waals surface area contributed by atoms with E-state index in [-0.39, 0.29) is 60.5 Å². The van der Waals surface area contributed by atoms with Crippen LogP contribution in [-0.2, 0) is 30.5 Å². The third kappa shape index (κ3) is 4.91. The molecule has 0 aliphatic heterocycles. The van der Waals surface area contributed by atoms with Gasteiger partial charge in [0.25, 0.3) is 0 Å². The quantitative estimate of drug-likeness (QED) is 0.418. The van der Waals surface area contributed by atoms with Crippen molar-refractivity contribution in [1.82, 2.24) is 10.3 Å². The summed E-state index contributed by atoms with van der Waals surface area (Å²) in [4.78, 5) is 53.9. The maximum atomic E-state index is 13.4. The summed E-state index contributed by atoms with van der Waals surface area (Å²) in [6.45, 7) is 3.80. The van der Waals surface area contributed by atoms with E-state index in [9.17, 15) is 29.4 Å². The predicted octanol–water partition coefficient (Wildman–Crippen LogP) is 2.82. The number of nitrogens with one attached hydrogen (secondary N) is 1. The molecular formula is C31H40N2O7. The van der Waals surface area contributed by atoms with E-state index >= 15 is 0 Å².